The number of phosphoric acid groups is 2. The Labute approximate surface area is 97.1 Å². The van der Waals surface area contributed by atoms with Gasteiger partial charge in [0, 0.05) is 0 Å². The van der Waals surface area contributed by atoms with Crippen molar-refractivity contribution in [2.75, 3.05) is 0 Å². The molecule has 9 nitrogen and oxygen atoms in total. The number of rotatable bonds is 4. The Morgan fingerprint density at radius 2 is 1.15 bits per heavy atom. The average molecular weight is 266 g/mol. The number of hydrogen-bond acceptors (Lipinski definition) is 5. The molecule has 0 aliphatic carbocycles. The molecule has 0 amide bonds. The molecule has 0 unspecified atom stereocenters. The van der Waals surface area contributed by atoms with Gasteiger partial charge in [0.05, 0.1) is 0 Å². The third-order valence-electron chi connectivity index (χ3n) is 0.316. The quantitative estimate of drug-likeness (QED) is 0.339. The van der Waals surface area contributed by atoms with Crippen LogP contribution in [-0.4, -0.2) is 53.3 Å². The van der Waals surface area contributed by atoms with Crippen LogP contribution in [0.4, 0.5) is 0 Å². The minimum absolute atomic E-state index is 0. The van der Waals surface area contributed by atoms with Crippen LogP contribution in [0.3, 0.4) is 0 Å². The van der Waals surface area contributed by atoms with Crippen LogP contribution in [0.1, 0.15) is 0 Å². The van der Waals surface area contributed by atoms with Crippen molar-refractivity contribution in [1.29, 1.82) is 0 Å². The third kappa shape index (κ3) is 13.4. The van der Waals surface area contributed by atoms with Crippen molar-refractivity contribution in [3.8, 4) is 0 Å². The summed E-state index contributed by atoms with van der Waals surface area (Å²) in [5.41, 5.74) is 0. The van der Waals surface area contributed by atoms with Crippen LogP contribution in [0, 0.1) is 0 Å². The van der Waals surface area contributed by atoms with E-state index in [0.29, 0.717) is 0 Å². The van der Waals surface area contributed by atoms with Crippen LogP contribution < -0.4 is 0 Å². The zero-order chi connectivity index (χ0) is 9.99. The molecule has 0 aromatic rings. The second kappa shape index (κ2) is 6.06. The molecule has 0 aromatic carbocycles. The minimum atomic E-state index is -5.08. The second-order valence-corrected chi connectivity index (χ2v) is 4.90. The van der Waals surface area contributed by atoms with E-state index < -0.39 is 27.0 Å². The van der Waals surface area contributed by atoms with Crippen LogP contribution in [0.2, 0.25) is 0 Å². The van der Waals surface area contributed by atoms with Crippen molar-refractivity contribution in [1.82, 2.24) is 0 Å². The zero-order valence-electron chi connectivity index (χ0n) is 5.13. The molecule has 13 heteroatoms. The Balaban J connectivity index is 0. The second-order valence-electron chi connectivity index (χ2n) is 1.33. The molecule has 0 aliphatic heterocycles. The van der Waals surface area contributed by atoms with Gasteiger partial charge in [0.2, 0.25) is 0 Å². The zero-order valence-corrected chi connectivity index (χ0v) is 7.74. The Morgan fingerprint density at radius 3 is 1.31 bits per heavy atom. The molecule has 0 heterocycles. The van der Waals surface area contributed by atoms with Crippen LogP contribution in [0.5, 0.6) is 0 Å². The Morgan fingerprint density at radius 1 is 0.923 bits per heavy atom. The Kier molecular flexibility index (Phi) is 7.83. The Hall–Kier alpha value is 1.37. The summed E-state index contributed by atoms with van der Waals surface area (Å²) in [6, 6.07) is 0. The van der Waals surface area contributed by atoms with Gasteiger partial charge in [0.15, 0.2) is 0 Å². The van der Waals surface area contributed by atoms with E-state index in [9.17, 15) is 13.3 Å². The fourth-order valence-corrected chi connectivity index (χ4v) is 1.79. The molecule has 0 aliphatic rings. The fraction of sp³-hybridized carbons (Fsp3) is 0. The van der Waals surface area contributed by atoms with Crippen molar-refractivity contribution < 1.29 is 40.9 Å². The average Bonchev–Trinajstić information content (AvgIpc) is 1.49. The van der Waals surface area contributed by atoms with E-state index in [1.807, 2.05) is 0 Å². The van der Waals surface area contributed by atoms with E-state index >= 15 is 0 Å². The molecule has 0 saturated carbocycles. The van der Waals surface area contributed by atoms with Gasteiger partial charge < -0.3 is 19.6 Å². The SMILES string of the molecule is O=S(OP(=O)(O)O)OP(=O)(O)O.[NaH]. The van der Waals surface area contributed by atoms with Crippen molar-refractivity contribution in [2.45, 2.75) is 0 Å². The first-order valence-corrected chi connectivity index (χ1v) is 6.09. The van der Waals surface area contributed by atoms with E-state index in [2.05, 4.69) is 7.94 Å². The first kappa shape index (κ1) is 16.8. The maximum absolute atomic E-state index is 10.2. The van der Waals surface area contributed by atoms with E-state index in [1.54, 1.807) is 0 Å². The van der Waals surface area contributed by atoms with Crippen LogP contribution >= 0.6 is 15.6 Å². The predicted octanol–water partition coefficient (Wildman–Crippen LogP) is -1.86. The fourth-order valence-electron chi connectivity index (χ4n) is 0.172. The van der Waals surface area contributed by atoms with E-state index in [1.165, 1.54) is 0 Å². The first-order valence-electron chi connectivity index (χ1n) is 2.03. The molecule has 0 rings (SSSR count). The molecular weight excluding hydrogens is 261 g/mol. The molecule has 0 radical (unpaired) electrons. The summed E-state index contributed by atoms with van der Waals surface area (Å²) < 4.78 is 36.4. The Bertz CT molecular complexity index is 233. The summed E-state index contributed by atoms with van der Waals surface area (Å²) in [6.45, 7) is 0. The van der Waals surface area contributed by atoms with Gasteiger partial charge in [-0.15, -0.1) is 0 Å². The molecule has 0 aromatic heterocycles. The van der Waals surface area contributed by atoms with Gasteiger partial charge in [0.25, 0.3) is 0 Å². The topological polar surface area (TPSA) is 151 Å². The van der Waals surface area contributed by atoms with Crippen LogP contribution in [-0.2, 0) is 28.4 Å². The molecule has 13 heavy (non-hydrogen) atoms. The molecule has 76 valence electrons. The normalized spacial score (nSPS) is 12.7. The van der Waals surface area contributed by atoms with Gasteiger partial charge in [-0.25, -0.2) is 9.13 Å². The van der Waals surface area contributed by atoms with E-state index in [-0.39, 0.29) is 29.6 Å². The monoisotopic (exact) mass is 266 g/mol. The number of hydrogen-bond donors (Lipinski definition) is 4. The summed E-state index contributed by atoms with van der Waals surface area (Å²) in [6.07, 6.45) is 0. The van der Waals surface area contributed by atoms with Crippen molar-refractivity contribution >= 4 is 56.6 Å². The third-order valence-corrected chi connectivity index (χ3v) is 2.84. The first-order chi connectivity index (χ1) is 5.10. The molecule has 0 bridgehead atoms. The van der Waals surface area contributed by atoms with Gasteiger partial charge >= 0.3 is 56.6 Å². The summed E-state index contributed by atoms with van der Waals surface area (Å²) in [5.74, 6) is 0. The van der Waals surface area contributed by atoms with Crippen molar-refractivity contribution in [3.63, 3.8) is 0 Å². The van der Waals surface area contributed by atoms with Crippen LogP contribution in [0.25, 0.3) is 0 Å². The summed E-state index contributed by atoms with van der Waals surface area (Å²) in [5, 5.41) is 0. The van der Waals surface area contributed by atoms with Crippen LogP contribution in [0.15, 0.2) is 0 Å². The van der Waals surface area contributed by atoms with Gasteiger partial charge in [-0.1, -0.05) is 0 Å². The predicted molar refractivity (Wildman–Crippen MR) is 41.5 cm³/mol. The van der Waals surface area contributed by atoms with Gasteiger partial charge in [-0.3, -0.25) is 0 Å². The van der Waals surface area contributed by atoms with Crippen molar-refractivity contribution in [3.05, 3.63) is 0 Å². The standard InChI is InChI=1S/Na.H4O9P2S.H/c;1-10(2,3)8-12(7)9-11(4,5)6;/h;(H2,1,2,3)(H2,4,5,6);. The summed E-state index contributed by atoms with van der Waals surface area (Å²) in [7, 11) is -10.2. The molecular formula is H5NaO9P2S. The van der Waals surface area contributed by atoms with Gasteiger partial charge in [-0.05, 0) is 0 Å². The molecule has 0 atom stereocenters. The summed E-state index contributed by atoms with van der Waals surface area (Å²) in [4.78, 5) is 31.8. The van der Waals surface area contributed by atoms with Crippen molar-refractivity contribution in [2.24, 2.45) is 0 Å². The van der Waals surface area contributed by atoms with Gasteiger partial charge in [0.1, 0.15) is 0 Å². The van der Waals surface area contributed by atoms with E-state index in [4.69, 9.17) is 19.6 Å². The van der Waals surface area contributed by atoms with E-state index in [0.717, 1.165) is 0 Å². The molecule has 4 N–H and O–H groups in total. The van der Waals surface area contributed by atoms with Gasteiger partial charge in [-0.2, -0.15) is 12.1 Å². The molecule has 0 spiro atoms. The molecule has 0 saturated heterocycles. The summed E-state index contributed by atoms with van der Waals surface area (Å²) >= 11 is -3.19. The maximum atomic E-state index is 10.2. The molecule has 0 fully saturated rings.